The molecular weight excluding hydrogens is 188 g/mol. The van der Waals surface area contributed by atoms with Gasteiger partial charge in [0, 0.05) is 12.8 Å². The number of pyridine rings is 1. The lowest BCUT2D eigenvalue weighted by Crippen LogP contribution is -2.20. The molecule has 1 aromatic heterocycles. The normalized spacial score (nSPS) is 11.7. The Morgan fingerprint density at radius 1 is 1.40 bits per heavy atom. The van der Waals surface area contributed by atoms with E-state index in [-0.39, 0.29) is 5.60 Å². The molecule has 0 aliphatic carbocycles. The quantitative estimate of drug-likeness (QED) is 0.773. The predicted octanol–water partition coefficient (Wildman–Crippen LogP) is 2.41. The van der Waals surface area contributed by atoms with Gasteiger partial charge in [-0.15, -0.1) is 0 Å². The second kappa shape index (κ2) is 5.12. The molecule has 0 bridgehead atoms. The number of ether oxygens (including phenoxy) is 1. The first kappa shape index (κ1) is 12.0. The lowest BCUT2D eigenvalue weighted by Gasteiger charge is -2.19. The summed E-state index contributed by atoms with van der Waals surface area (Å²) in [7, 11) is 0. The van der Waals surface area contributed by atoms with Crippen LogP contribution in [0.4, 0.5) is 5.82 Å². The van der Waals surface area contributed by atoms with Gasteiger partial charge < -0.3 is 10.5 Å². The van der Waals surface area contributed by atoms with E-state index in [2.05, 4.69) is 25.8 Å². The number of nitrogens with zero attached hydrogens (tertiary/aromatic N) is 1. The van der Waals surface area contributed by atoms with E-state index in [0.29, 0.717) is 5.82 Å². The van der Waals surface area contributed by atoms with Gasteiger partial charge in [0.2, 0.25) is 0 Å². The van der Waals surface area contributed by atoms with Gasteiger partial charge in [0.1, 0.15) is 5.82 Å². The van der Waals surface area contributed by atoms with E-state index in [1.165, 1.54) is 0 Å². The van der Waals surface area contributed by atoms with Crippen molar-refractivity contribution in [2.75, 3.05) is 12.3 Å². The summed E-state index contributed by atoms with van der Waals surface area (Å²) in [5.41, 5.74) is 6.79. The highest BCUT2D eigenvalue weighted by molar-refractivity contribution is 5.38. The second-order valence-electron chi connectivity index (χ2n) is 4.61. The van der Waals surface area contributed by atoms with E-state index in [4.69, 9.17) is 10.5 Å². The Morgan fingerprint density at radius 3 is 2.73 bits per heavy atom. The molecule has 15 heavy (non-hydrogen) atoms. The number of hydrogen-bond acceptors (Lipinski definition) is 3. The minimum Gasteiger partial charge on any atom is -0.383 e. The molecule has 0 saturated carbocycles. The second-order valence-corrected chi connectivity index (χ2v) is 4.61. The molecule has 2 N–H and O–H groups in total. The number of aryl methyl sites for hydroxylation is 1. The van der Waals surface area contributed by atoms with E-state index in [9.17, 15) is 0 Å². The molecule has 0 amide bonds. The van der Waals surface area contributed by atoms with E-state index in [1.54, 1.807) is 6.20 Å². The van der Waals surface area contributed by atoms with Crippen molar-refractivity contribution >= 4 is 5.82 Å². The fraction of sp³-hybridized carbons (Fsp3) is 0.583. The summed E-state index contributed by atoms with van der Waals surface area (Å²) in [5, 5.41) is 0. The highest BCUT2D eigenvalue weighted by atomic mass is 16.5. The van der Waals surface area contributed by atoms with Crippen LogP contribution in [-0.2, 0) is 11.2 Å². The fourth-order valence-corrected chi connectivity index (χ4v) is 1.30. The molecule has 1 rings (SSSR count). The van der Waals surface area contributed by atoms with Crippen LogP contribution in [0.2, 0.25) is 0 Å². The number of nitrogen functional groups attached to an aromatic ring is 1. The minimum absolute atomic E-state index is 0.0551. The Balaban J connectivity index is 2.30. The van der Waals surface area contributed by atoms with Crippen molar-refractivity contribution in [2.45, 2.75) is 39.2 Å². The standard InChI is InChI=1S/C12H20N2O/c1-12(2,3)15-9-5-7-10-6-4-8-14-11(10)13/h4,6,8H,5,7,9H2,1-3H3,(H2,13,14). The van der Waals surface area contributed by atoms with Crippen LogP contribution in [-0.4, -0.2) is 17.2 Å². The summed E-state index contributed by atoms with van der Waals surface area (Å²) in [4.78, 5) is 4.04. The molecular formula is C12H20N2O. The average molecular weight is 208 g/mol. The van der Waals surface area contributed by atoms with Gasteiger partial charge >= 0.3 is 0 Å². The Bertz CT molecular complexity index is 305. The smallest absolute Gasteiger partial charge is 0.126 e. The summed E-state index contributed by atoms with van der Waals surface area (Å²) >= 11 is 0. The zero-order valence-electron chi connectivity index (χ0n) is 9.79. The van der Waals surface area contributed by atoms with Gasteiger partial charge in [-0.3, -0.25) is 0 Å². The maximum atomic E-state index is 5.74. The first-order valence-electron chi connectivity index (χ1n) is 5.32. The molecule has 1 aromatic rings. The summed E-state index contributed by atoms with van der Waals surface area (Å²) < 4.78 is 5.63. The van der Waals surface area contributed by atoms with Crippen molar-refractivity contribution in [1.82, 2.24) is 4.98 Å². The van der Waals surface area contributed by atoms with Crippen LogP contribution in [0.3, 0.4) is 0 Å². The fourth-order valence-electron chi connectivity index (χ4n) is 1.30. The zero-order chi connectivity index (χ0) is 11.3. The third kappa shape index (κ3) is 4.79. The molecule has 0 radical (unpaired) electrons. The SMILES string of the molecule is CC(C)(C)OCCCc1cccnc1N. The highest BCUT2D eigenvalue weighted by Crippen LogP contribution is 2.12. The van der Waals surface area contributed by atoms with Crippen LogP contribution < -0.4 is 5.73 Å². The summed E-state index contributed by atoms with van der Waals surface area (Å²) in [6.07, 6.45) is 3.62. The van der Waals surface area contributed by atoms with E-state index >= 15 is 0 Å². The first-order valence-corrected chi connectivity index (χ1v) is 5.32. The van der Waals surface area contributed by atoms with Gasteiger partial charge in [0.25, 0.3) is 0 Å². The third-order valence-electron chi connectivity index (χ3n) is 2.05. The molecule has 0 aliphatic heterocycles. The lowest BCUT2D eigenvalue weighted by atomic mass is 10.1. The molecule has 0 aromatic carbocycles. The van der Waals surface area contributed by atoms with Crippen molar-refractivity contribution in [1.29, 1.82) is 0 Å². The molecule has 3 heteroatoms. The summed E-state index contributed by atoms with van der Waals surface area (Å²) in [6.45, 7) is 6.94. The van der Waals surface area contributed by atoms with Gasteiger partial charge in [-0.05, 0) is 45.2 Å². The number of anilines is 1. The van der Waals surface area contributed by atoms with E-state index < -0.39 is 0 Å². The van der Waals surface area contributed by atoms with Crippen molar-refractivity contribution in [3.8, 4) is 0 Å². The topological polar surface area (TPSA) is 48.1 Å². The molecule has 0 aliphatic rings. The number of nitrogens with two attached hydrogens (primary N) is 1. The van der Waals surface area contributed by atoms with Crippen LogP contribution >= 0.6 is 0 Å². The number of rotatable bonds is 4. The van der Waals surface area contributed by atoms with Gasteiger partial charge in [-0.25, -0.2) is 4.98 Å². The zero-order valence-corrected chi connectivity index (χ0v) is 9.79. The largest absolute Gasteiger partial charge is 0.383 e. The maximum Gasteiger partial charge on any atom is 0.126 e. The van der Waals surface area contributed by atoms with Crippen LogP contribution in [0, 0.1) is 0 Å². The molecule has 84 valence electrons. The molecule has 0 fully saturated rings. The molecule has 0 spiro atoms. The van der Waals surface area contributed by atoms with E-state index in [0.717, 1.165) is 25.0 Å². The van der Waals surface area contributed by atoms with Crippen molar-refractivity contribution in [3.05, 3.63) is 23.9 Å². The summed E-state index contributed by atoms with van der Waals surface area (Å²) in [6, 6.07) is 3.93. The Labute approximate surface area is 91.7 Å². The average Bonchev–Trinajstić information content (AvgIpc) is 2.13. The number of hydrogen-bond donors (Lipinski definition) is 1. The third-order valence-corrected chi connectivity index (χ3v) is 2.05. The predicted molar refractivity (Wildman–Crippen MR) is 62.7 cm³/mol. The van der Waals surface area contributed by atoms with Crippen LogP contribution in [0.1, 0.15) is 32.8 Å². The Kier molecular flexibility index (Phi) is 4.09. The minimum atomic E-state index is -0.0551. The molecule has 0 saturated heterocycles. The number of aromatic nitrogens is 1. The summed E-state index contributed by atoms with van der Waals surface area (Å²) in [5.74, 6) is 0.633. The van der Waals surface area contributed by atoms with Crippen molar-refractivity contribution < 1.29 is 4.74 Å². The molecule has 3 nitrogen and oxygen atoms in total. The van der Waals surface area contributed by atoms with Crippen LogP contribution in [0.25, 0.3) is 0 Å². The van der Waals surface area contributed by atoms with Crippen molar-refractivity contribution in [3.63, 3.8) is 0 Å². The van der Waals surface area contributed by atoms with Crippen molar-refractivity contribution in [2.24, 2.45) is 0 Å². The maximum absolute atomic E-state index is 5.74. The van der Waals surface area contributed by atoms with Gasteiger partial charge in [0.15, 0.2) is 0 Å². The van der Waals surface area contributed by atoms with Gasteiger partial charge in [0.05, 0.1) is 5.60 Å². The van der Waals surface area contributed by atoms with Gasteiger partial charge in [-0.2, -0.15) is 0 Å². The Hall–Kier alpha value is -1.09. The first-order chi connectivity index (χ1) is 6.99. The molecule has 0 atom stereocenters. The highest BCUT2D eigenvalue weighted by Gasteiger charge is 2.09. The Morgan fingerprint density at radius 2 is 2.13 bits per heavy atom. The lowest BCUT2D eigenvalue weighted by molar-refractivity contribution is -0.00383. The molecule has 1 heterocycles. The van der Waals surface area contributed by atoms with Crippen LogP contribution in [0.5, 0.6) is 0 Å². The van der Waals surface area contributed by atoms with Gasteiger partial charge in [-0.1, -0.05) is 6.07 Å². The van der Waals surface area contributed by atoms with E-state index in [1.807, 2.05) is 12.1 Å². The van der Waals surface area contributed by atoms with Crippen LogP contribution in [0.15, 0.2) is 18.3 Å². The molecule has 0 unspecified atom stereocenters. The monoisotopic (exact) mass is 208 g/mol.